The van der Waals surface area contributed by atoms with Crippen molar-refractivity contribution in [2.75, 3.05) is 24.3 Å². The Hall–Kier alpha value is -2.43. The maximum atomic E-state index is 12.2. The van der Waals surface area contributed by atoms with Gasteiger partial charge in [0.25, 0.3) is 5.91 Å². The lowest BCUT2D eigenvalue weighted by Crippen LogP contribution is -2.27. The second-order valence-corrected chi connectivity index (χ2v) is 3.76. The standard InChI is InChI=1S/C13H14N4O/c1-14-10-5-7-16-12(8-10)13(18)17(2)11-4-3-6-15-9-11/h3-9H,1-2H3,(H,14,16). The van der Waals surface area contributed by atoms with E-state index in [4.69, 9.17) is 0 Å². The van der Waals surface area contributed by atoms with E-state index in [-0.39, 0.29) is 5.91 Å². The minimum atomic E-state index is -0.167. The third kappa shape index (κ3) is 2.45. The summed E-state index contributed by atoms with van der Waals surface area (Å²) in [6.07, 6.45) is 4.91. The molecule has 2 aromatic heterocycles. The molecule has 2 rings (SSSR count). The molecule has 0 saturated carbocycles. The van der Waals surface area contributed by atoms with Gasteiger partial charge in [0.05, 0.1) is 11.9 Å². The van der Waals surface area contributed by atoms with E-state index in [1.807, 2.05) is 6.07 Å². The summed E-state index contributed by atoms with van der Waals surface area (Å²) >= 11 is 0. The van der Waals surface area contributed by atoms with E-state index >= 15 is 0 Å². The van der Waals surface area contributed by atoms with Crippen LogP contribution in [0, 0.1) is 0 Å². The molecule has 1 N–H and O–H groups in total. The third-order valence-corrected chi connectivity index (χ3v) is 2.61. The van der Waals surface area contributed by atoms with Gasteiger partial charge in [-0.05, 0) is 24.3 Å². The van der Waals surface area contributed by atoms with Crippen LogP contribution in [0.3, 0.4) is 0 Å². The Morgan fingerprint density at radius 1 is 1.33 bits per heavy atom. The molecule has 0 spiro atoms. The first-order chi connectivity index (χ1) is 8.72. The Morgan fingerprint density at radius 3 is 2.83 bits per heavy atom. The molecular formula is C13H14N4O. The van der Waals surface area contributed by atoms with Gasteiger partial charge in [0.15, 0.2) is 0 Å². The minimum absolute atomic E-state index is 0.167. The minimum Gasteiger partial charge on any atom is -0.388 e. The fourth-order valence-electron chi connectivity index (χ4n) is 1.54. The van der Waals surface area contributed by atoms with Crippen molar-refractivity contribution in [3.8, 4) is 0 Å². The highest BCUT2D eigenvalue weighted by Crippen LogP contribution is 2.14. The number of aromatic nitrogens is 2. The molecule has 0 aliphatic rings. The summed E-state index contributed by atoms with van der Waals surface area (Å²) in [6.45, 7) is 0. The summed E-state index contributed by atoms with van der Waals surface area (Å²) in [6, 6.07) is 7.14. The van der Waals surface area contributed by atoms with Gasteiger partial charge in [-0.2, -0.15) is 0 Å². The molecule has 0 bridgehead atoms. The van der Waals surface area contributed by atoms with E-state index in [2.05, 4.69) is 15.3 Å². The number of hydrogen-bond donors (Lipinski definition) is 1. The smallest absolute Gasteiger partial charge is 0.276 e. The van der Waals surface area contributed by atoms with Crippen LogP contribution in [0.4, 0.5) is 11.4 Å². The zero-order valence-corrected chi connectivity index (χ0v) is 10.3. The Balaban J connectivity index is 2.25. The lowest BCUT2D eigenvalue weighted by Gasteiger charge is -2.16. The Bertz CT molecular complexity index is 542. The van der Waals surface area contributed by atoms with Crippen molar-refractivity contribution in [1.82, 2.24) is 9.97 Å². The second kappa shape index (κ2) is 5.27. The van der Waals surface area contributed by atoms with Crippen molar-refractivity contribution in [2.24, 2.45) is 0 Å². The molecule has 0 aliphatic heterocycles. The van der Waals surface area contributed by atoms with Crippen LogP contribution in [-0.4, -0.2) is 30.0 Å². The number of rotatable bonds is 3. The van der Waals surface area contributed by atoms with Gasteiger partial charge in [-0.3, -0.25) is 14.8 Å². The molecule has 5 nitrogen and oxygen atoms in total. The van der Waals surface area contributed by atoms with Crippen LogP contribution in [-0.2, 0) is 0 Å². The molecule has 0 fully saturated rings. The van der Waals surface area contributed by atoms with Crippen molar-refractivity contribution in [1.29, 1.82) is 0 Å². The molecule has 0 saturated heterocycles. The van der Waals surface area contributed by atoms with Gasteiger partial charge >= 0.3 is 0 Å². The first-order valence-corrected chi connectivity index (χ1v) is 5.54. The predicted molar refractivity (Wildman–Crippen MR) is 70.8 cm³/mol. The quantitative estimate of drug-likeness (QED) is 0.891. The van der Waals surface area contributed by atoms with Gasteiger partial charge in [0.1, 0.15) is 5.69 Å². The first kappa shape index (κ1) is 12.0. The molecule has 18 heavy (non-hydrogen) atoms. The Morgan fingerprint density at radius 2 is 2.17 bits per heavy atom. The number of nitrogens with one attached hydrogen (secondary N) is 1. The van der Waals surface area contributed by atoms with Crippen molar-refractivity contribution in [3.63, 3.8) is 0 Å². The molecule has 92 valence electrons. The van der Waals surface area contributed by atoms with Crippen molar-refractivity contribution in [2.45, 2.75) is 0 Å². The third-order valence-electron chi connectivity index (χ3n) is 2.61. The average molecular weight is 242 g/mol. The fraction of sp³-hybridized carbons (Fsp3) is 0.154. The van der Waals surface area contributed by atoms with Gasteiger partial charge < -0.3 is 10.2 Å². The maximum Gasteiger partial charge on any atom is 0.276 e. The lowest BCUT2D eigenvalue weighted by atomic mass is 10.2. The molecule has 0 aliphatic carbocycles. The number of amides is 1. The number of carbonyl (C=O) groups is 1. The average Bonchev–Trinajstić information content (AvgIpc) is 2.46. The van der Waals surface area contributed by atoms with Crippen molar-refractivity contribution in [3.05, 3.63) is 48.5 Å². The first-order valence-electron chi connectivity index (χ1n) is 5.54. The molecule has 0 radical (unpaired) electrons. The largest absolute Gasteiger partial charge is 0.388 e. The van der Waals surface area contributed by atoms with Crippen LogP contribution >= 0.6 is 0 Å². The molecule has 5 heteroatoms. The van der Waals surface area contributed by atoms with E-state index in [1.165, 1.54) is 4.90 Å². The van der Waals surface area contributed by atoms with Crippen LogP contribution in [0.5, 0.6) is 0 Å². The number of carbonyl (C=O) groups excluding carboxylic acids is 1. The number of anilines is 2. The molecule has 0 atom stereocenters. The zero-order valence-electron chi connectivity index (χ0n) is 10.3. The summed E-state index contributed by atoms with van der Waals surface area (Å²) in [4.78, 5) is 21.8. The molecular weight excluding hydrogens is 228 g/mol. The van der Waals surface area contributed by atoms with E-state index in [0.29, 0.717) is 5.69 Å². The number of nitrogens with zero attached hydrogens (tertiary/aromatic N) is 3. The van der Waals surface area contributed by atoms with Gasteiger partial charge in [-0.1, -0.05) is 0 Å². The van der Waals surface area contributed by atoms with Crippen molar-refractivity contribution >= 4 is 17.3 Å². The van der Waals surface area contributed by atoms with Crippen molar-refractivity contribution < 1.29 is 4.79 Å². The normalized spacial score (nSPS) is 9.89. The van der Waals surface area contributed by atoms with Crippen LogP contribution in [0.1, 0.15) is 10.5 Å². The summed E-state index contributed by atoms with van der Waals surface area (Å²) in [5.74, 6) is -0.167. The maximum absolute atomic E-state index is 12.2. The van der Waals surface area contributed by atoms with Gasteiger partial charge in [0, 0.05) is 32.2 Å². The number of hydrogen-bond acceptors (Lipinski definition) is 4. The van der Waals surface area contributed by atoms with E-state index in [9.17, 15) is 4.79 Å². The summed E-state index contributed by atoms with van der Waals surface area (Å²) in [5.41, 5.74) is 1.99. The SMILES string of the molecule is CNc1ccnc(C(=O)N(C)c2cccnc2)c1. The van der Waals surface area contributed by atoms with Gasteiger partial charge in [0.2, 0.25) is 0 Å². The van der Waals surface area contributed by atoms with Crippen LogP contribution in [0.25, 0.3) is 0 Å². The zero-order chi connectivity index (χ0) is 13.0. The van der Waals surface area contributed by atoms with E-state index in [1.54, 1.807) is 50.9 Å². The highest BCUT2D eigenvalue weighted by Gasteiger charge is 2.14. The van der Waals surface area contributed by atoms with Crippen LogP contribution in [0.15, 0.2) is 42.9 Å². The summed E-state index contributed by atoms with van der Waals surface area (Å²) in [5, 5.41) is 2.98. The van der Waals surface area contributed by atoms with Crippen LogP contribution < -0.4 is 10.2 Å². The second-order valence-electron chi connectivity index (χ2n) is 3.76. The van der Waals surface area contributed by atoms with Crippen LogP contribution in [0.2, 0.25) is 0 Å². The molecule has 2 aromatic rings. The fourth-order valence-corrected chi connectivity index (χ4v) is 1.54. The highest BCUT2D eigenvalue weighted by atomic mass is 16.2. The summed E-state index contributed by atoms with van der Waals surface area (Å²) in [7, 11) is 3.50. The molecule has 2 heterocycles. The van der Waals surface area contributed by atoms with Gasteiger partial charge in [-0.25, -0.2) is 0 Å². The van der Waals surface area contributed by atoms with E-state index in [0.717, 1.165) is 11.4 Å². The monoisotopic (exact) mass is 242 g/mol. The Kier molecular flexibility index (Phi) is 3.52. The predicted octanol–water partition coefficient (Wildman–Crippen LogP) is 1.79. The van der Waals surface area contributed by atoms with Gasteiger partial charge in [-0.15, -0.1) is 0 Å². The number of pyridine rings is 2. The topological polar surface area (TPSA) is 58.1 Å². The summed E-state index contributed by atoms with van der Waals surface area (Å²) < 4.78 is 0. The molecule has 0 aromatic carbocycles. The lowest BCUT2D eigenvalue weighted by molar-refractivity contribution is 0.0988. The molecule has 0 unspecified atom stereocenters. The highest BCUT2D eigenvalue weighted by molar-refractivity contribution is 6.04. The van der Waals surface area contributed by atoms with E-state index < -0.39 is 0 Å². The molecule has 1 amide bonds. The Labute approximate surface area is 105 Å².